The summed E-state index contributed by atoms with van der Waals surface area (Å²) in [6.45, 7) is 4.74. The minimum absolute atomic E-state index is 0. The van der Waals surface area contributed by atoms with Gasteiger partial charge in [-0.15, -0.1) is 0 Å². The van der Waals surface area contributed by atoms with Crippen molar-refractivity contribution >= 4 is 0 Å². The van der Waals surface area contributed by atoms with Gasteiger partial charge in [0.05, 0.1) is 0 Å². The number of rotatable bonds is 0. The average molecular weight is 230 g/mol. The van der Waals surface area contributed by atoms with Crippen LogP contribution in [0.2, 0.25) is 0 Å². The Labute approximate surface area is 96.3 Å². The van der Waals surface area contributed by atoms with Gasteiger partial charge in [-0.1, -0.05) is 19.6 Å². The second kappa shape index (κ2) is 8.19. The van der Waals surface area contributed by atoms with Crippen molar-refractivity contribution in [3.63, 3.8) is 0 Å². The van der Waals surface area contributed by atoms with Crippen LogP contribution >= 0.6 is 0 Å². The molecule has 0 bridgehead atoms. The monoisotopic (exact) mass is 230 g/mol. The Morgan fingerprint density at radius 1 is 1.06 bits per heavy atom. The molecule has 0 radical (unpaired) electrons. The minimum Gasteiger partial charge on any atom is -0.314 e. The highest BCUT2D eigenvalue weighted by Crippen LogP contribution is 2.01. The van der Waals surface area contributed by atoms with E-state index in [4.69, 9.17) is 0 Å². The lowest BCUT2D eigenvalue weighted by Crippen LogP contribution is -2.40. The molecule has 2 rings (SSSR count). The summed E-state index contributed by atoms with van der Waals surface area (Å²) in [5.74, 6) is -1.60. The maximum Gasteiger partial charge on any atom is 0.158 e. The Bertz CT molecular complexity index is 265. The van der Waals surface area contributed by atoms with Gasteiger partial charge in [0.1, 0.15) is 0 Å². The van der Waals surface area contributed by atoms with E-state index >= 15 is 0 Å². The van der Waals surface area contributed by atoms with E-state index in [9.17, 15) is 8.78 Å². The fraction of sp³-hybridized carbons (Fsp3) is 0.500. The summed E-state index contributed by atoms with van der Waals surface area (Å²) in [4.78, 5) is 2.33. The number of hydrogen-bond donors (Lipinski definition) is 1. The number of nitrogens with one attached hydrogen (secondary N) is 1. The Morgan fingerprint density at radius 3 is 1.75 bits per heavy atom. The van der Waals surface area contributed by atoms with E-state index in [1.54, 1.807) is 0 Å². The van der Waals surface area contributed by atoms with Crippen LogP contribution in [0.25, 0.3) is 0 Å². The fourth-order valence-electron chi connectivity index (χ4n) is 1.22. The van der Waals surface area contributed by atoms with Gasteiger partial charge >= 0.3 is 0 Å². The first-order chi connectivity index (χ1) is 7.20. The number of nitrogens with zero attached hydrogens (tertiary/aromatic N) is 1. The van der Waals surface area contributed by atoms with Crippen LogP contribution in [0.15, 0.2) is 24.3 Å². The van der Waals surface area contributed by atoms with E-state index in [1.165, 1.54) is 25.2 Å². The lowest BCUT2D eigenvalue weighted by Gasteiger charge is -2.21. The number of halogens is 2. The molecule has 0 atom stereocenters. The van der Waals surface area contributed by atoms with Crippen molar-refractivity contribution in [1.82, 2.24) is 10.2 Å². The molecule has 1 aromatic carbocycles. The summed E-state index contributed by atoms with van der Waals surface area (Å²) >= 11 is 0. The van der Waals surface area contributed by atoms with Crippen LogP contribution in [0.3, 0.4) is 0 Å². The number of piperazine rings is 1. The largest absolute Gasteiger partial charge is 0.314 e. The van der Waals surface area contributed by atoms with Gasteiger partial charge in [0.2, 0.25) is 0 Å². The topological polar surface area (TPSA) is 15.3 Å². The molecule has 0 aliphatic carbocycles. The van der Waals surface area contributed by atoms with E-state index in [0.717, 1.165) is 25.2 Å². The zero-order valence-electron chi connectivity index (χ0n) is 8.84. The van der Waals surface area contributed by atoms with Crippen molar-refractivity contribution in [2.45, 2.75) is 7.43 Å². The Hall–Kier alpha value is -1.00. The molecule has 0 spiro atoms. The molecule has 1 aromatic rings. The highest BCUT2D eigenvalue weighted by molar-refractivity contribution is 5.05. The van der Waals surface area contributed by atoms with E-state index in [-0.39, 0.29) is 7.43 Å². The molecule has 1 heterocycles. The third-order valence-electron chi connectivity index (χ3n) is 2.16. The number of likely N-dealkylation sites (N-methyl/N-ethyl adjacent to an activating group) is 1. The molecule has 0 aromatic heterocycles. The average Bonchev–Trinajstić information content (AvgIpc) is 2.25. The van der Waals surface area contributed by atoms with Crippen molar-refractivity contribution < 1.29 is 8.78 Å². The fourth-order valence-corrected chi connectivity index (χ4v) is 1.22. The number of hydrogen-bond acceptors (Lipinski definition) is 2. The van der Waals surface area contributed by atoms with Gasteiger partial charge in [0, 0.05) is 26.2 Å². The molecule has 1 aliphatic heterocycles. The van der Waals surface area contributed by atoms with Gasteiger partial charge in [-0.05, 0) is 19.2 Å². The van der Waals surface area contributed by atoms with Crippen LogP contribution in [-0.4, -0.2) is 38.1 Å². The van der Waals surface area contributed by atoms with E-state index in [1.807, 2.05) is 0 Å². The Balaban J connectivity index is 0.000000267. The highest BCUT2D eigenvalue weighted by atomic mass is 19.2. The first-order valence-corrected chi connectivity index (χ1v) is 4.99. The Kier molecular flexibility index (Phi) is 7.68. The maximum absolute atomic E-state index is 11.9. The minimum atomic E-state index is -0.799. The van der Waals surface area contributed by atoms with Crippen molar-refractivity contribution in [3.8, 4) is 0 Å². The summed E-state index contributed by atoms with van der Waals surface area (Å²) in [6, 6.07) is 5.04. The molecule has 1 N–H and O–H groups in total. The van der Waals surface area contributed by atoms with E-state index in [2.05, 4.69) is 17.3 Å². The van der Waals surface area contributed by atoms with Crippen LogP contribution in [0.5, 0.6) is 0 Å². The van der Waals surface area contributed by atoms with Crippen LogP contribution in [0.4, 0.5) is 8.78 Å². The third-order valence-corrected chi connectivity index (χ3v) is 2.16. The van der Waals surface area contributed by atoms with Gasteiger partial charge in [-0.3, -0.25) is 0 Å². The van der Waals surface area contributed by atoms with Gasteiger partial charge < -0.3 is 10.2 Å². The van der Waals surface area contributed by atoms with E-state index in [0.29, 0.717) is 0 Å². The summed E-state index contributed by atoms with van der Waals surface area (Å²) in [5.41, 5.74) is 0. The lowest BCUT2D eigenvalue weighted by molar-refractivity contribution is 0.291. The van der Waals surface area contributed by atoms with Crippen molar-refractivity contribution in [2.75, 3.05) is 33.2 Å². The quantitative estimate of drug-likeness (QED) is 0.734. The molecular weight excluding hydrogens is 210 g/mol. The van der Waals surface area contributed by atoms with Crippen molar-refractivity contribution in [2.24, 2.45) is 0 Å². The first kappa shape index (κ1) is 15.0. The molecule has 16 heavy (non-hydrogen) atoms. The van der Waals surface area contributed by atoms with Crippen LogP contribution in [0, 0.1) is 11.6 Å². The third kappa shape index (κ3) is 5.78. The molecule has 2 nitrogen and oxygen atoms in total. The summed E-state index contributed by atoms with van der Waals surface area (Å²) in [5, 5.41) is 3.27. The molecule has 1 fully saturated rings. The predicted octanol–water partition coefficient (Wildman–Crippen LogP) is 2.12. The molecule has 92 valence electrons. The smallest absolute Gasteiger partial charge is 0.158 e. The van der Waals surface area contributed by atoms with Gasteiger partial charge in [0.15, 0.2) is 11.6 Å². The zero-order chi connectivity index (χ0) is 11.1. The summed E-state index contributed by atoms with van der Waals surface area (Å²) in [6.07, 6.45) is 0. The molecular formula is C12H20F2N2. The summed E-state index contributed by atoms with van der Waals surface area (Å²) < 4.78 is 23.9. The van der Waals surface area contributed by atoms with Crippen LogP contribution in [0.1, 0.15) is 7.43 Å². The second-order valence-electron chi connectivity index (χ2n) is 3.47. The standard InChI is InChI=1S/C6H4F2.C5H12N2.CH4/c7-5-3-1-2-4-6(5)8;1-7-4-2-6-3-5-7;/h1-4H;6H,2-5H2,1H3;1H4. The number of benzene rings is 1. The lowest BCUT2D eigenvalue weighted by atomic mass is 10.3. The normalized spacial score (nSPS) is 15.7. The molecule has 0 amide bonds. The van der Waals surface area contributed by atoms with Crippen molar-refractivity contribution in [1.29, 1.82) is 0 Å². The predicted molar refractivity (Wildman–Crippen MR) is 63.5 cm³/mol. The van der Waals surface area contributed by atoms with E-state index < -0.39 is 11.6 Å². The molecule has 1 saturated heterocycles. The molecule has 0 unspecified atom stereocenters. The van der Waals surface area contributed by atoms with Gasteiger partial charge in [0.25, 0.3) is 0 Å². The van der Waals surface area contributed by atoms with Crippen molar-refractivity contribution in [3.05, 3.63) is 35.9 Å². The SMILES string of the molecule is C.CN1CCNCC1.Fc1ccccc1F. The maximum atomic E-state index is 11.9. The zero-order valence-corrected chi connectivity index (χ0v) is 8.84. The highest BCUT2D eigenvalue weighted by Gasteiger charge is 2.01. The molecule has 4 heteroatoms. The molecule has 1 aliphatic rings. The Morgan fingerprint density at radius 2 is 1.50 bits per heavy atom. The van der Waals surface area contributed by atoms with Crippen LogP contribution < -0.4 is 5.32 Å². The van der Waals surface area contributed by atoms with Gasteiger partial charge in [-0.2, -0.15) is 0 Å². The summed E-state index contributed by atoms with van der Waals surface area (Å²) in [7, 11) is 2.15. The molecule has 0 saturated carbocycles. The van der Waals surface area contributed by atoms with Crippen LogP contribution in [-0.2, 0) is 0 Å². The second-order valence-corrected chi connectivity index (χ2v) is 3.47. The van der Waals surface area contributed by atoms with Gasteiger partial charge in [-0.25, -0.2) is 8.78 Å². The first-order valence-electron chi connectivity index (χ1n) is 4.99.